The smallest absolute Gasteiger partial charge is 0.407 e. The molecule has 0 aliphatic heterocycles. The molecule has 0 aromatic rings. The Balaban J connectivity index is -0.0000000480. The van der Waals surface area contributed by atoms with Crippen LogP contribution >= 0.6 is 8.60 Å². The summed E-state index contributed by atoms with van der Waals surface area (Å²) < 4.78 is 7.14. The molecule has 0 aromatic heterocycles. The van der Waals surface area contributed by atoms with Gasteiger partial charge in [0.2, 0.25) is 0 Å². The van der Waals surface area contributed by atoms with Crippen molar-refractivity contribution in [1.29, 1.82) is 0 Å². The molecule has 0 aliphatic rings. The van der Waals surface area contributed by atoms with Gasteiger partial charge in [-0.3, -0.25) is 0 Å². The fraction of sp³-hybridized carbons (Fsp3) is 0. The van der Waals surface area contributed by atoms with Crippen molar-refractivity contribution in [3.05, 3.63) is 0 Å². The van der Waals surface area contributed by atoms with Crippen molar-refractivity contribution in [2.24, 2.45) is 0 Å². The van der Waals surface area contributed by atoms with Crippen molar-refractivity contribution in [2.45, 2.75) is 0 Å². The second kappa shape index (κ2) is 15.7. The number of hydrogen-bond donors (Lipinski definition) is 4. The summed E-state index contributed by atoms with van der Waals surface area (Å²) in [7, 11) is -2.62. The SMILES string of the molecule is OP(O)O.[CaH2].[OH][AlH2]. The first-order valence-corrected chi connectivity index (χ1v) is 3.14. The fourth-order valence-corrected chi connectivity index (χ4v) is 0. The Kier molecular flexibility index (Phi) is 35.9. The van der Waals surface area contributed by atoms with E-state index in [2.05, 4.69) is 0 Å². The zero-order valence-electron chi connectivity index (χ0n) is 3.24. The van der Waals surface area contributed by atoms with Crippen LogP contribution in [0.4, 0.5) is 0 Å². The molecule has 0 radical (unpaired) electrons. The molecule has 0 saturated heterocycles. The van der Waals surface area contributed by atoms with Gasteiger partial charge < -0.3 is 18.8 Å². The van der Waals surface area contributed by atoms with Crippen LogP contribution in [0.3, 0.4) is 0 Å². The molecule has 0 bridgehead atoms. The third-order valence-electron chi connectivity index (χ3n) is 0. The monoisotopic (exact) mass is 170 g/mol. The van der Waals surface area contributed by atoms with E-state index < -0.39 is 8.60 Å². The van der Waals surface area contributed by atoms with Gasteiger partial charge in [-0.05, 0) is 0 Å². The van der Waals surface area contributed by atoms with Crippen LogP contribution in [-0.2, 0) is 0 Å². The van der Waals surface area contributed by atoms with Crippen molar-refractivity contribution >= 4 is 63.0 Å². The summed E-state index contributed by atoms with van der Waals surface area (Å²) in [6.07, 6.45) is 0. The molecular weight excluding hydrogens is 162 g/mol. The predicted octanol–water partition coefficient (Wildman–Crippen LogP) is -3.20. The maximum atomic E-state index is 7.23. The fourth-order valence-electron chi connectivity index (χ4n) is 0. The second-order valence-corrected chi connectivity index (χ2v) is 0.805. The topological polar surface area (TPSA) is 80.9 Å². The molecule has 42 valence electrons. The molecule has 7 heavy (non-hydrogen) atoms. The summed E-state index contributed by atoms with van der Waals surface area (Å²) in [5.74, 6) is 0. The van der Waals surface area contributed by atoms with Gasteiger partial charge in [-0.25, -0.2) is 0 Å². The normalized spacial score (nSPS) is 5.86. The average molecular weight is 170 g/mol. The zero-order valence-corrected chi connectivity index (χ0v) is 6.13. The van der Waals surface area contributed by atoms with Gasteiger partial charge in [0.25, 0.3) is 0 Å². The van der Waals surface area contributed by atoms with Crippen LogP contribution in [0.15, 0.2) is 0 Å². The third-order valence-corrected chi connectivity index (χ3v) is 0. The van der Waals surface area contributed by atoms with Gasteiger partial charge in [-0.15, -0.1) is 0 Å². The largest absolute Gasteiger partial charge is 0.521 e. The molecule has 4 N–H and O–H groups in total. The van der Waals surface area contributed by atoms with E-state index in [-0.39, 0.29) is 37.7 Å². The Labute approximate surface area is 80.9 Å². The van der Waals surface area contributed by atoms with Crippen LogP contribution in [0.5, 0.6) is 0 Å². The molecule has 0 aliphatic carbocycles. The predicted molar refractivity (Wildman–Crippen MR) is 32.9 cm³/mol. The summed E-state index contributed by atoms with van der Waals surface area (Å²) in [5, 5.41) is 0. The average Bonchev–Trinajstić information content (AvgIpc) is 1.41. The van der Waals surface area contributed by atoms with Crippen molar-refractivity contribution in [3.8, 4) is 0 Å². The summed E-state index contributed by atoms with van der Waals surface area (Å²) in [6, 6.07) is 0. The van der Waals surface area contributed by atoms with Gasteiger partial charge in [-0.2, -0.15) is 0 Å². The summed E-state index contributed by atoms with van der Waals surface area (Å²) in [4.78, 5) is 21.7. The van der Waals surface area contributed by atoms with Gasteiger partial charge in [-0.1, -0.05) is 0 Å². The summed E-state index contributed by atoms with van der Waals surface area (Å²) in [6.45, 7) is 0. The minimum absolute atomic E-state index is 0. The Morgan fingerprint density at radius 3 is 1.00 bits per heavy atom. The Morgan fingerprint density at radius 1 is 1.00 bits per heavy atom. The van der Waals surface area contributed by atoms with E-state index in [4.69, 9.17) is 18.8 Å². The Hall–Kier alpha value is 2.06. The molecule has 0 heterocycles. The molecule has 4 nitrogen and oxygen atoms in total. The molecule has 0 saturated carbocycles. The Bertz CT molecular complexity index is 16.4. The first kappa shape index (κ1) is 16.0. The minimum Gasteiger partial charge on any atom is -0.521 e. The van der Waals surface area contributed by atoms with Crippen LogP contribution in [0.25, 0.3) is 0 Å². The first-order chi connectivity index (χ1) is 2.73. The Morgan fingerprint density at radius 2 is 1.00 bits per heavy atom. The van der Waals surface area contributed by atoms with E-state index in [0.29, 0.717) is 16.6 Å². The molecule has 0 unspecified atom stereocenters. The quantitative estimate of drug-likeness (QED) is 0.228. The molecular formula is H8AlCaO4P. The molecule has 7 heteroatoms. The van der Waals surface area contributed by atoms with E-state index >= 15 is 0 Å². The first-order valence-electron chi connectivity index (χ1n) is 1.05. The summed E-state index contributed by atoms with van der Waals surface area (Å²) >= 11 is 0.306. The molecule has 0 amide bonds. The van der Waals surface area contributed by atoms with E-state index in [0.717, 1.165) is 0 Å². The van der Waals surface area contributed by atoms with Crippen LogP contribution in [0, 0.1) is 0 Å². The molecule has 0 fully saturated rings. The van der Waals surface area contributed by atoms with E-state index in [1.807, 2.05) is 0 Å². The molecule has 0 atom stereocenters. The van der Waals surface area contributed by atoms with Crippen LogP contribution in [0.1, 0.15) is 0 Å². The van der Waals surface area contributed by atoms with Crippen LogP contribution < -0.4 is 0 Å². The van der Waals surface area contributed by atoms with Crippen LogP contribution in [-0.4, -0.2) is 73.2 Å². The van der Waals surface area contributed by atoms with Crippen LogP contribution in [0.2, 0.25) is 0 Å². The molecule has 0 rings (SSSR count). The van der Waals surface area contributed by atoms with Crippen molar-refractivity contribution in [2.75, 3.05) is 0 Å². The van der Waals surface area contributed by atoms with Gasteiger partial charge in [0.1, 0.15) is 0 Å². The molecule has 0 spiro atoms. The van der Waals surface area contributed by atoms with Crippen molar-refractivity contribution < 1.29 is 18.8 Å². The van der Waals surface area contributed by atoms with Crippen molar-refractivity contribution in [1.82, 2.24) is 0 Å². The van der Waals surface area contributed by atoms with Gasteiger partial charge in [0.15, 0.2) is 0 Å². The van der Waals surface area contributed by atoms with E-state index in [1.165, 1.54) is 0 Å². The van der Waals surface area contributed by atoms with E-state index in [9.17, 15) is 0 Å². The van der Waals surface area contributed by atoms with Gasteiger partial charge >= 0.3 is 63.0 Å². The van der Waals surface area contributed by atoms with Crippen molar-refractivity contribution in [3.63, 3.8) is 0 Å². The maximum Gasteiger partial charge on any atom is 0.407 e. The van der Waals surface area contributed by atoms with Gasteiger partial charge in [0, 0.05) is 0 Å². The third kappa shape index (κ3) is 69.7. The standard InChI is InChI=1S/Al.Ca.H3O3P.H2O.4H/c;;1-4(2)3;;;;;/h;;1-3H;1H2;;;;/q+1;;;;;;;/p-1. The minimum atomic E-state index is -2.62. The number of hydrogen-bond acceptors (Lipinski definition) is 4. The number of rotatable bonds is 0. The molecule has 0 aromatic carbocycles. The van der Waals surface area contributed by atoms with E-state index in [1.54, 1.807) is 0 Å². The second-order valence-electron chi connectivity index (χ2n) is 0.268. The van der Waals surface area contributed by atoms with Gasteiger partial charge in [0.05, 0.1) is 0 Å². The zero-order chi connectivity index (χ0) is 5.58. The summed E-state index contributed by atoms with van der Waals surface area (Å²) in [5.41, 5.74) is 0. The maximum absolute atomic E-state index is 7.23.